The smallest absolute Gasteiger partial charge is 0.138 e. The second kappa shape index (κ2) is 8.12. The van der Waals surface area contributed by atoms with Crippen LogP contribution in [0.5, 0.6) is 0 Å². The van der Waals surface area contributed by atoms with E-state index in [1.54, 1.807) is 7.11 Å². The van der Waals surface area contributed by atoms with Crippen LogP contribution in [0.2, 0.25) is 0 Å². The van der Waals surface area contributed by atoms with Crippen molar-refractivity contribution in [2.75, 3.05) is 26.9 Å². The first-order valence-corrected chi connectivity index (χ1v) is 8.82. The first kappa shape index (κ1) is 18.1. The number of ether oxygens (including phenoxy) is 2. The van der Waals surface area contributed by atoms with Gasteiger partial charge in [-0.15, -0.1) is 0 Å². The first-order chi connectivity index (χ1) is 12.1. The van der Waals surface area contributed by atoms with Gasteiger partial charge in [-0.2, -0.15) is 5.10 Å². The van der Waals surface area contributed by atoms with Gasteiger partial charge in [-0.1, -0.05) is 5.16 Å². The van der Waals surface area contributed by atoms with Crippen LogP contribution in [0.1, 0.15) is 29.0 Å². The Balaban J connectivity index is 1.73. The molecule has 2 aromatic heterocycles. The van der Waals surface area contributed by atoms with Crippen LogP contribution in [0, 0.1) is 13.8 Å². The molecule has 0 N–H and O–H groups in total. The van der Waals surface area contributed by atoms with Crippen LogP contribution in [-0.2, 0) is 29.5 Å². The molecule has 0 radical (unpaired) electrons. The highest BCUT2D eigenvalue weighted by Crippen LogP contribution is 2.27. The van der Waals surface area contributed by atoms with Gasteiger partial charge in [-0.05, 0) is 32.3 Å². The average Bonchev–Trinajstić information content (AvgIpc) is 3.25. The average molecular weight is 348 g/mol. The highest BCUT2D eigenvalue weighted by molar-refractivity contribution is 5.21. The standard InChI is InChI=1S/C18H28N4O3/c1-13-16(14(2)25-20-13)12-22-6-5-18(24-8-7-23-4)17(22)9-15-10-19-21(3)11-15/h10-11,17-18H,5-9,12H2,1-4H3/t17-,18+/m1/s1. The summed E-state index contributed by atoms with van der Waals surface area (Å²) in [6.45, 7) is 7.09. The molecule has 2 aromatic rings. The van der Waals surface area contributed by atoms with E-state index in [0.29, 0.717) is 19.3 Å². The van der Waals surface area contributed by atoms with Crippen LogP contribution >= 0.6 is 0 Å². The van der Waals surface area contributed by atoms with Gasteiger partial charge < -0.3 is 14.0 Å². The van der Waals surface area contributed by atoms with E-state index in [0.717, 1.165) is 37.4 Å². The predicted molar refractivity (Wildman–Crippen MR) is 93.3 cm³/mol. The molecule has 7 nitrogen and oxygen atoms in total. The van der Waals surface area contributed by atoms with Crippen molar-refractivity contribution in [1.82, 2.24) is 19.8 Å². The lowest BCUT2D eigenvalue weighted by Crippen LogP contribution is -2.38. The summed E-state index contributed by atoms with van der Waals surface area (Å²) in [4.78, 5) is 2.48. The summed E-state index contributed by atoms with van der Waals surface area (Å²) in [6, 6.07) is 0.315. The van der Waals surface area contributed by atoms with E-state index in [4.69, 9.17) is 14.0 Å². The van der Waals surface area contributed by atoms with E-state index in [2.05, 4.69) is 21.4 Å². The van der Waals surface area contributed by atoms with E-state index in [9.17, 15) is 0 Å². The number of hydrogen-bond acceptors (Lipinski definition) is 6. The minimum atomic E-state index is 0.204. The number of aryl methyl sites for hydroxylation is 3. The zero-order valence-electron chi connectivity index (χ0n) is 15.6. The number of aromatic nitrogens is 3. The minimum absolute atomic E-state index is 0.204. The van der Waals surface area contributed by atoms with Crippen molar-refractivity contribution < 1.29 is 14.0 Å². The normalized spacial score (nSPS) is 21.3. The van der Waals surface area contributed by atoms with Crippen LogP contribution in [0.4, 0.5) is 0 Å². The Bertz CT molecular complexity index is 662. The van der Waals surface area contributed by atoms with E-state index in [1.165, 1.54) is 11.1 Å². The third-order valence-corrected chi connectivity index (χ3v) is 4.96. The molecule has 0 aromatic carbocycles. The predicted octanol–water partition coefficient (Wildman–Crippen LogP) is 1.87. The molecule has 138 valence electrons. The van der Waals surface area contributed by atoms with E-state index in [1.807, 2.05) is 31.8 Å². The van der Waals surface area contributed by atoms with Crippen LogP contribution in [0.15, 0.2) is 16.9 Å². The molecule has 25 heavy (non-hydrogen) atoms. The maximum atomic E-state index is 6.11. The van der Waals surface area contributed by atoms with Gasteiger partial charge in [0.2, 0.25) is 0 Å². The highest BCUT2D eigenvalue weighted by Gasteiger charge is 2.35. The van der Waals surface area contributed by atoms with E-state index < -0.39 is 0 Å². The van der Waals surface area contributed by atoms with Gasteiger partial charge in [0.25, 0.3) is 0 Å². The molecule has 1 saturated heterocycles. The van der Waals surface area contributed by atoms with Gasteiger partial charge >= 0.3 is 0 Å². The monoisotopic (exact) mass is 348 g/mol. The fraction of sp³-hybridized carbons (Fsp3) is 0.667. The van der Waals surface area contributed by atoms with Crippen LogP contribution in [-0.4, -0.2) is 58.9 Å². The molecule has 3 rings (SSSR count). The summed E-state index contributed by atoms with van der Waals surface area (Å²) in [5, 5.41) is 8.39. The van der Waals surface area contributed by atoms with Crippen molar-refractivity contribution in [3.05, 3.63) is 35.0 Å². The Kier molecular flexibility index (Phi) is 5.88. The highest BCUT2D eigenvalue weighted by atomic mass is 16.5. The fourth-order valence-corrected chi connectivity index (χ4v) is 3.57. The van der Waals surface area contributed by atoms with Crippen molar-refractivity contribution in [2.45, 2.75) is 45.4 Å². The van der Waals surface area contributed by atoms with Crippen molar-refractivity contribution >= 4 is 0 Å². The first-order valence-electron chi connectivity index (χ1n) is 8.82. The summed E-state index contributed by atoms with van der Waals surface area (Å²) < 4.78 is 18.4. The van der Waals surface area contributed by atoms with Crippen LogP contribution in [0.25, 0.3) is 0 Å². The summed E-state index contributed by atoms with van der Waals surface area (Å²) >= 11 is 0. The minimum Gasteiger partial charge on any atom is -0.382 e. The topological polar surface area (TPSA) is 65.6 Å². The molecule has 0 saturated carbocycles. The number of hydrogen-bond donors (Lipinski definition) is 0. The van der Waals surface area contributed by atoms with Crippen molar-refractivity contribution in [3.63, 3.8) is 0 Å². The molecule has 0 aliphatic carbocycles. The molecule has 2 atom stereocenters. The van der Waals surface area contributed by atoms with Gasteiger partial charge in [-0.25, -0.2) is 0 Å². The molecular weight excluding hydrogens is 320 g/mol. The quantitative estimate of drug-likeness (QED) is 0.679. The van der Waals surface area contributed by atoms with Crippen LogP contribution < -0.4 is 0 Å². The molecular formula is C18H28N4O3. The lowest BCUT2D eigenvalue weighted by Gasteiger charge is -2.28. The Labute approximate surface area is 148 Å². The number of rotatable bonds is 8. The molecule has 1 aliphatic heterocycles. The van der Waals surface area contributed by atoms with Gasteiger partial charge in [0, 0.05) is 45.0 Å². The van der Waals surface area contributed by atoms with Gasteiger partial charge in [0.15, 0.2) is 0 Å². The summed E-state index contributed by atoms with van der Waals surface area (Å²) in [5.41, 5.74) is 3.40. The van der Waals surface area contributed by atoms with Gasteiger partial charge in [0.1, 0.15) is 5.76 Å². The number of likely N-dealkylation sites (tertiary alicyclic amines) is 1. The lowest BCUT2D eigenvalue weighted by atomic mass is 10.0. The zero-order valence-corrected chi connectivity index (χ0v) is 15.6. The maximum Gasteiger partial charge on any atom is 0.138 e. The summed E-state index contributed by atoms with van der Waals surface area (Å²) in [7, 11) is 3.65. The molecule has 0 unspecified atom stereocenters. The van der Waals surface area contributed by atoms with Crippen LogP contribution in [0.3, 0.4) is 0 Å². The van der Waals surface area contributed by atoms with Crippen molar-refractivity contribution in [2.24, 2.45) is 7.05 Å². The van der Waals surface area contributed by atoms with Crippen molar-refractivity contribution in [3.8, 4) is 0 Å². The largest absolute Gasteiger partial charge is 0.382 e. The number of nitrogens with zero attached hydrogens (tertiary/aromatic N) is 4. The third kappa shape index (κ3) is 4.29. The Morgan fingerprint density at radius 2 is 2.16 bits per heavy atom. The molecule has 7 heteroatoms. The molecule has 1 aliphatic rings. The maximum absolute atomic E-state index is 6.11. The summed E-state index contributed by atoms with van der Waals surface area (Å²) in [6.07, 6.45) is 6.18. The SMILES string of the molecule is COCCO[C@H]1CCN(Cc2c(C)noc2C)[C@@H]1Cc1cnn(C)c1. The Hall–Kier alpha value is -1.70. The molecule has 0 spiro atoms. The van der Waals surface area contributed by atoms with E-state index >= 15 is 0 Å². The fourth-order valence-electron chi connectivity index (χ4n) is 3.57. The summed E-state index contributed by atoms with van der Waals surface area (Å²) in [5.74, 6) is 0.904. The Morgan fingerprint density at radius 1 is 1.32 bits per heavy atom. The Morgan fingerprint density at radius 3 is 2.80 bits per heavy atom. The molecule has 3 heterocycles. The third-order valence-electron chi connectivity index (χ3n) is 4.96. The van der Waals surface area contributed by atoms with Gasteiger partial charge in [0.05, 0.1) is 31.2 Å². The molecule has 0 bridgehead atoms. The molecule has 1 fully saturated rings. The second-order valence-electron chi connectivity index (χ2n) is 6.76. The van der Waals surface area contributed by atoms with Gasteiger partial charge in [-0.3, -0.25) is 9.58 Å². The second-order valence-corrected chi connectivity index (χ2v) is 6.76. The molecule has 0 amide bonds. The number of methoxy groups -OCH3 is 1. The van der Waals surface area contributed by atoms with E-state index in [-0.39, 0.29) is 6.10 Å². The zero-order chi connectivity index (χ0) is 17.8. The lowest BCUT2D eigenvalue weighted by molar-refractivity contribution is -0.00136. The van der Waals surface area contributed by atoms with Crippen molar-refractivity contribution in [1.29, 1.82) is 0 Å².